The van der Waals surface area contributed by atoms with Gasteiger partial charge in [0.1, 0.15) is 0 Å². The largest absolute Gasteiger partial charge is 0.357 e. The van der Waals surface area contributed by atoms with Crippen molar-refractivity contribution in [3.63, 3.8) is 0 Å². The first-order valence-electron chi connectivity index (χ1n) is 12.4. The lowest BCUT2D eigenvalue weighted by Gasteiger charge is -2.27. The molecule has 0 radical (unpaired) electrons. The third kappa shape index (κ3) is 5.31. The van der Waals surface area contributed by atoms with Crippen molar-refractivity contribution >= 4 is 32.5 Å². The molecular formula is C29H31ClN2O2S. The van der Waals surface area contributed by atoms with E-state index in [1.807, 2.05) is 42.5 Å². The maximum atomic E-state index is 11.7. The maximum Gasteiger partial charge on any atom is 0.175 e. The molecule has 0 atom stereocenters. The second kappa shape index (κ2) is 9.79. The number of hydrogen-bond acceptors (Lipinski definition) is 3. The topological polar surface area (TPSA) is 62.8 Å². The van der Waals surface area contributed by atoms with E-state index in [-0.39, 0.29) is 0 Å². The standard InChI is InChI=1S/C29H31ClN2O2S/c1-3-19-4-6-20(7-5-19)16-24-17-27-28(31-24)18-26(30)29(32-27)23-10-8-21(9-11-23)22-12-14-25(15-13-22)35(2,33)34/h8-15,17-20,31H,3-7,16H2,1-2H3. The van der Waals surface area contributed by atoms with Gasteiger partial charge >= 0.3 is 0 Å². The van der Waals surface area contributed by atoms with Crippen LogP contribution in [0.4, 0.5) is 0 Å². The molecule has 1 fully saturated rings. The van der Waals surface area contributed by atoms with Crippen LogP contribution in [-0.2, 0) is 16.3 Å². The van der Waals surface area contributed by atoms with Crippen LogP contribution in [0, 0.1) is 11.8 Å². The Bertz CT molecular complexity index is 1430. The zero-order chi connectivity index (χ0) is 24.6. The molecule has 0 saturated heterocycles. The van der Waals surface area contributed by atoms with Gasteiger partial charge in [0.25, 0.3) is 0 Å². The summed E-state index contributed by atoms with van der Waals surface area (Å²) < 4.78 is 23.4. The summed E-state index contributed by atoms with van der Waals surface area (Å²) in [5.41, 5.74) is 6.87. The molecule has 6 heteroatoms. The molecule has 1 aliphatic rings. The number of H-pyrrole nitrogens is 1. The van der Waals surface area contributed by atoms with Gasteiger partial charge in [-0.1, -0.05) is 74.2 Å². The number of aromatic nitrogens is 2. The average Bonchev–Trinajstić information content (AvgIpc) is 3.24. The Morgan fingerprint density at radius 2 is 1.46 bits per heavy atom. The van der Waals surface area contributed by atoms with Crippen molar-refractivity contribution in [3.05, 3.63) is 71.4 Å². The Balaban J connectivity index is 1.35. The quantitative estimate of drug-likeness (QED) is 0.291. The number of sulfone groups is 1. The molecule has 5 rings (SSSR count). The SMILES string of the molecule is CCC1CCC(Cc2cc3nc(-c4ccc(-c5ccc(S(C)(=O)=O)cc5)cc4)c(Cl)cc3[nH]2)CC1. The van der Waals surface area contributed by atoms with E-state index >= 15 is 0 Å². The van der Waals surface area contributed by atoms with Crippen molar-refractivity contribution in [2.45, 2.75) is 50.3 Å². The van der Waals surface area contributed by atoms with Gasteiger partial charge in [0.15, 0.2) is 9.84 Å². The van der Waals surface area contributed by atoms with E-state index in [9.17, 15) is 8.42 Å². The first-order chi connectivity index (χ1) is 16.8. The van der Waals surface area contributed by atoms with Gasteiger partial charge < -0.3 is 4.98 Å². The monoisotopic (exact) mass is 506 g/mol. The summed E-state index contributed by atoms with van der Waals surface area (Å²) in [6, 6.07) is 19.2. The molecule has 2 aromatic heterocycles. The van der Waals surface area contributed by atoms with Crippen LogP contribution in [0.3, 0.4) is 0 Å². The molecule has 2 heterocycles. The third-order valence-electron chi connectivity index (χ3n) is 7.44. The van der Waals surface area contributed by atoms with Gasteiger partial charge in [-0.15, -0.1) is 0 Å². The normalized spacial score (nSPS) is 18.7. The summed E-state index contributed by atoms with van der Waals surface area (Å²) in [4.78, 5) is 8.76. The number of aromatic amines is 1. The van der Waals surface area contributed by atoms with Crippen LogP contribution < -0.4 is 0 Å². The summed E-state index contributed by atoms with van der Waals surface area (Å²) in [6.07, 6.45) is 8.94. The Morgan fingerprint density at radius 1 is 0.886 bits per heavy atom. The first kappa shape index (κ1) is 24.1. The summed E-state index contributed by atoms with van der Waals surface area (Å²) >= 11 is 6.65. The Labute approximate surface area is 212 Å². The first-order valence-corrected chi connectivity index (χ1v) is 14.7. The van der Waals surface area contributed by atoms with Crippen LogP contribution in [0.25, 0.3) is 33.4 Å². The van der Waals surface area contributed by atoms with Crippen molar-refractivity contribution in [3.8, 4) is 22.4 Å². The maximum absolute atomic E-state index is 11.7. The molecule has 0 unspecified atom stereocenters. The van der Waals surface area contributed by atoms with Gasteiger partial charge in [-0.2, -0.15) is 0 Å². The molecule has 182 valence electrons. The van der Waals surface area contributed by atoms with Gasteiger partial charge in [0.05, 0.1) is 26.6 Å². The predicted octanol–water partition coefficient (Wildman–Crippen LogP) is 7.71. The van der Waals surface area contributed by atoms with Gasteiger partial charge in [-0.25, -0.2) is 13.4 Å². The fourth-order valence-electron chi connectivity index (χ4n) is 5.27. The van der Waals surface area contributed by atoms with Crippen molar-refractivity contribution in [1.82, 2.24) is 9.97 Å². The van der Waals surface area contributed by atoms with Crippen LogP contribution >= 0.6 is 11.6 Å². The van der Waals surface area contributed by atoms with E-state index in [4.69, 9.17) is 16.6 Å². The number of pyridine rings is 1. The molecule has 4 aromatic rings. The molecule has 0 spiro atoms. The number of hydrogen-bond donors (Lipinski definition) is 1. The second-order valence-electron chi connectivity index (χ2n) is 9.92. The lowest BCUT2D eigenvalue weighted by molar-refractivity contribution is 0.267. The lowest BCUT2D eigenvalue weighted by atomic mass is 9.79. The van der Waals surface area contributed by atoms with E-state index in [1.165, 1.54) is 44.1 Å². The Morgan fingerprint density at radius 3 is 2.06 bits per heavy atom. The van der Waals surface area contributed by atoms with E-state index in [0.29, 0.717) is 9.92 Å². The summed E-state index contributed by atoms with van der Waals surface area (Å²) in [5, 5.41) is 0.625. The minimum absolute atomic E-state index is 0.321. The minimum Gasteiger partial charge on any atom is -0.357 e. The number of nitrogens with zero attached hydrogens (tertiary/aromatic N) is 1. The predicted molar refractivity (Wildman–Crippen MR) is 145 cm³/mol. The fraction of sp³-hybridized carbons (Fsp3) is 0.345. The fourth-order valence-corrected chi connectivity index (χ4v) is 6.16. The number of fused-ring (bicyclic) bond motifs is 1. The van der Waals surface area contributed by atoms with Gasteiger partial charge in [-0.05, 0) is 66.5 Å². The van der Waals surface area contributed by atoms with Crippen LogP contribution in [0.5, 0.6) is 0 Å². The van der Waals surface area contributed by atoms with E-state index < -0.39 is 9.84 Å². The Hall–Kier alpha value is -2.63. The highest BCUT2D eigenvalue weighted by atomic mass is 35.5. The molecule has 35 heavy (non-hydrogen) atoms. The number of benzene rings is 2. The zero-order valence-electron chi connectivity index (χ0n) is 20.2. The average molecular weight is 507 g/mol. The van der Waals surface area contributed by atoms with E-state index in [2.05, 4.69) is 18.0 Å². The van der Waals surface area contributed by atoms with Gasteiger partial charge in [-0.3, -0.25) is 0 Å². The van der Waals surface area contributed by atoms with E-state index in [0.717, 1.165) is 51.7 Å². The van der Waals surface area contributed by atoms with Crippen LogP contribution in [0.15, 0.2) is 65.6 Å². The van der Waals surface area contributed by atoms with Crippen molar-refractivity contribution in [2.75, 3.05) is 6.26 Å². The molecule has 1 saturated carbocycles. The molecule has 2 aromatic carbocycles. The minimum atomic E-state index is -3.20. The molecule has 1 aliphatic carbocycles. The van der Waals surface area contributed by atoms with Crippen LogP contribution in [-0.4, -0.2) is 24.6 Å². The van der Waals surface area contributed by atoms with Crippen molar-refractivity contribution in [1.29, 1.82) is 0 Å². The Kier molecular flexibility index (Phi) is 6.73. The summed E-state index contributed by atoms with van der Waals surface area (Å²) in [7, 11) is -3.20. The smallest absolute Gasteiger partial charge is 0.175 e. The van der Waals surface area contributed by atoms with Crippen LogP contribution in [0.1, 0.15) is 44.7 Å². The molecule has 4 nitrogen and oxygen atoms in total. The molecule has 1 N–H and O–H groups in total. The number of halogens is 1. The lowest BCUT2D eigenvalue weighted by Crippen LogP contribution is -2.15. The highest BCUT2D eigenvalue weighted by Gasteiger charge is 2.21. The second-order valence-corrected chi connectivity index (χ2v) is 12.3. The van der Waals surface area contributed by atoms with Gasteiger partial charge in [0.2, 0.25) is 0 Å². The highest BCUT2D eigenvalue weighted by Crippen LogP contribution is 2.34. The third-order valence-corrected chi connectivity index (χ3v) is 8.85. The van der Waals surface area contributed by atoms with Crippen molar-refractivity contribution in [2.24, 2.45) is 11.8 Å². The van der Waals surface area contributed by atoms with Gasteiger partial charge in [0, 0.05) is 17.5 Å². The molecule has 0 amide bonds. The molecule has 0 bridgehead atoms. The highest BCUT2D eigenvalue weighted by molar-refractivity contribution is 7.90. The zero-order valence-corrected chi connectivity index (χ0v) is 21.8. The van der Waals surface area contributed by atoms with Crippen molar-refractivity contribution < 1.29 is 8.42 Å². The summed E-state index contributed by atoms with van der Waals surface area (Å²) in [5.74, 6) is 1.66. The van der Waals surface area contributed by atoms with Crippen LogP contribution in [0.2, 0.25) is 5.02 Å². The molecule has 0 aliphatic heterocycles. The number of nitrogens with one attached hydrogen (secondary N) is 1. The summed E-state index contributed by atoms with van der Waals surface area (Å²) in [6.45, 7) is 2.31. The van der Waals surface area contributed by atoms with E-state index in [1.54, 1.807) is 12.1 Å². The molecular weight excluding hydrogens is 476 g/mol. The number of rotatable bonds is 6.